The third-order valence-corrected chi connectivity index (χ3v) is 5.77. The summed E-state index contributed by atoms with van der Waals surface area (Å²) in [5.41, 5.74) is -0.133. The van der Waals surface area contributed by atoms with Gasteiger partial charge in [-0.05, 0) is 44.4 Å². The minimum Gasteiger partial charge on any atom is -0.444 e. The van der Waals surface area contributed by atoms with Gasteiger partial charge in [-0.25, -0.2) is 13.2 Å². The fourth-order valence-electron chi connectivity index (χ4n) is 2.45. The van der Waals surface area contributed by atoms with Crippen LogP contribution in [-0.2, 0) is 20.3 Å². The third-order valence-electron chi connectivity index (χ3n) is 4.11. The van der Waals surface area contributed by atoms with E-state index < -0.39 is 32.8 Å². The number of sulfone groups is 1. The molecule has 0 unspecified atom stereocenters. The van der Waals surface area contributed by atoms with Crippen molar-refractivity contribution >= 4 is 27.5 Å². The van der Waals surface area contributed by atoms with Crippen molar-refractivity contribution < 1.29 is 22.4 Å². The molecule has 0 bridgehead atoms. The molecule has 0 saturated carbocycles. The number of alkyl carbamates (subject to hydrolysis) is 1. The van der Waals surface area contributed by atoms with Gasteiger partial charge in [0.25, 0.3) is 0 Å². The summed E-state index contributed by atoms with van der Waals surface area (Å²) in [7, 11) is -3.86. The molecular weight excluding hydrogens is 418 g/mol. The molecule has 0 spiro atoms. The van der Waals surface area contributed by atoms with Crippen LogP contribution >= 0.6 is 11.6 Å². The lowest BCUT2D eigenvalue weighted by Gasteiger charge is -2.24. The Balaban J connectivity index is 2.22. The highest BCUT2D eigenvalue weighted by atomic mass is 35.5. The Morgan fingerprint density at radius 2 is 1.86 bits per heavy atom. The van der Waals surface area contributed by atoms with Crippen LogP contribution in [0.15, 0.2) is 33.9 Å². The molecule has 1 aromatic heterocycles. The summed E-state index contributed by atoms with van der Waals surface area (Å²) in [5.74, 6) is -0.381. The maximum atomic E-state index is 12.6. The normalized spacial score (nSPS) is 14.3. The summed E-state index contributed by atoms with van der Waals surface area (Å²) in [4.78, 5) is 12.2. The van der Waals surface area contributed by atoms with E-state index in [1.165, 1.54) is 0 Å². The van der Waals surface area contributed by atoms with Gasteiger partial charge in [-0.3, -0.25) is 0 Å². The second kappa shape index (κ2) is 9.13. The summed E-state index contributed by atoms with van der Waals surface area (Å²) in [5, 5.41) is 10.3. The second-order valence-electron chi connectivity index (χ2n) is 7.80. The summed E-state index contributed by atoms with van der Waals surface area (Å²) in [6, 6.07) is 5.76. The number of halogens is 1. The Hall–Kier alpha value is -2.13. The zero-order chi connectivity index (χ0) is 21.8. The zero-order valence-corrected chi connectivity index (χ0v) is 18.7. The summed E-state index contributed by atoms with van der Waals surface area (Å²) >= 11 is 5.83. The molecular formula is C19H26ClN3O5S. The number of ether oxygens (including phenoxy) is 1. The van der Waals surface area contributed by atoms with Crippen molar-refractivity contribution in [2.75, 3.05) is 0 Å². The van der Waals surface area contributed by atoms with Crippen LogP contribution in [0.3, 0.4) is 0 Å². The van der Waals surface area contributed by atoms with E-state index in [4.69, 9.17) is 20.8 Å². The van der Waals surface area contributed by atoms with Crippen LogP contribution in [0.2, 0.25) is 5.02 Å². The van der Waals surface area contributed by atoms with Crippen molar-refractivity contribution in [3.8, 4) is 0 Å². The molecule has 0 fully saturated rings. The van der Waals surface area contributed by atoms with Gasteiger partial charge >= 0.3 is 11.3 Å². The van der Waals surface area contributed by atoms with Crippen molar-refractivity contribution in [3.05, 3.63) is 40.7 Å². The van der Waals surface area contributed by atoms with Gasteiger partial charge in [0.2, 0.25) is 15.7 Å². The number of nitrogens with one attached hydrogen (secondary N) is 1. The fourth-order valence-corrected chi connectivity index (χ4v) is 3.71. The van der Waals surface area contributed by atoms with Crippen LogP contribution in [0.5, 0.6) is 0 Å². The molecule has 0 aliphatic heterocycles. The van der Waals surface area contributed by atoms with E-state index in [1.807, 2.05) is 13.8 Å². The highest BCUT2D eigenvalue weighted by Gasteiger charge is 2.31. The van der Waals surface area contributed by atoms with E-state index >= 15 is 0 Å². The predicted octanol–water partition coefficient (Wildman–Crippen LogP) is 4.31. The first-order chi connectivity index (χ1) is 13.4. The van der Waals surface area contributed by atoms with Crippen LogP contribution in [-0.4, -0.2) is 30.3 Å². The van der Waals surface area contributed by atoms with Gasteiger partial charge in [-0.15, -0.1) is 5.10 Å². The first kappa shape index (κ1) is 23.2. The molecule has 1 N–H and O–H groups in total. The average Bonchev–Trinajstić information content (AvgIpc) is 3.10. The molecule has 2 atom stereocenters. The van der Waals surface area contributed by atoms with E-state index in [2.05, 4.69) is 15.5 Å². The number of aromatic nitrogens is 2. The van der Waals surface area contributed by atoms with E-state index in [1.54, 1.807) is 45.0 Å². The predicted molar refractivity (Wildman–Crippen MR) is 108 cm³/mol. The lowest BCUT2D eigenvalue weighted by atomic mass is 9.99. The Kier molecular flexibility index (Phi) is 7.29. The highest BCUT2D eigenvalue weighted by Crippen LogP contribution is 2.26. The van der Waals surface area contributed by atoms with E-state index in [0.717, 1.165) is 0 Å². The minimum atomic E-state index is -3.86. The topological polar surface area (TPSA) is 111 Å². The Bertz CT molecular complexity index is 935. The molecule has 160 valence electrons. The molecule has 1 aromatic carbocycles. The van der Waals surface area contributed by atoms with Gasteiger partial charge in [0, 0.05) is 5.02 Å². The van der Waals surface area contributed by atoms with Crippen LogP contribution in [0.1, 0.15) is 58.5 Å². The molecule has 8 nitrogen and oxygen atoms in total. The molecule has 29 heavy (non-hydrogen) atoms. The molecule has 10 heteroatoms. The smallest absolute Gasteiger partial charge is 0.408 e. The number of benzene rings is 1. The van der Waals surface area contributed by atoms with Crippen LogP contribution in [0.4, 0.5) is 4.79 Å². The maximum Gasteiger partial charge on any atom is 0.408 e. The molecule has 0 saturated heterocycles. The molecule has 0 aliphatic rings. The van der Waals surface area contributed by atoms with E-state index in [9.17, 15) is 13.2 Å². The second-order valence-corrected chi connectivity index (χ2v) is 10.1. The molecule has 2 rings (SSSR count). The molecule has 1 amide bonds. The maximum absolute atomic E-state index is 12.6. The van der Waals surface area contributed by atoms with Crippen molar-refractivity contribution in [1.82, 2.24) is 15.5 Å². The Morgan fingerprint density at radius 1 is 1.24 bits per heavy atom. The number of carbonyl (C=O) groups is 1. The first-order valence-corrected chi connectivity index (χ1v) is 11.2. The molecule has 0 radical (unpaired) electrons. The van der Waals surface area contributed by atoms with Crippen LogP contribution in [0.25, 0.3) is 0 Å². The Morgan fingerprint density at radius 3 is 2.41 bits per heavy atom. The number of hydrogen-bond acceptors (Lipinski definition) is 7. The monoisotopic (exact) mass is 443 g/mol. The number of amides is 1. The van der Waals surface area contributed by atoms with Crippen LogP contribution < -0.4 is 5.32 Å². The van der Waals surface area contributed by atoms with E-state index in [-0.39, 0.29) is 17.6 Å². The largest absolute Gasteiger partial charge is 0.444 e. The molecule has 1 heterocycles. The van der Waals surface area contributed by atoms with Gasteiger partial charge in [0.05, 0.1) is 5.75 Å². The van der Waals surface area contributed by atoms with Crippen LogP contribution in [0, 0.1) is 5.92 Å². The summed E-state index contributed by atoms with van der Waals surface area (Å²) < 4.78 is 36.0. The quantitative estimate of drug-likeness (QED) is 0.678. The lowest BCUT2D eigenvalue weighted by Crippen LogP contribution is -2.37. The number of nitrogens with zero attached hydrogens (tertiary/aromatic N) is 2. The SMILES string of the molecule is CC[C@@H](C)[C@H](NC(=O)OC(C)(C)C)c1nnc(S(=O)(=O)Cc2ccc(Cl)cc2)o1. The molecule has 2 aromatic rings. The van der Waals surface area contributed by atoms with Gasteiger partial charge in [0.1, 0.15) is 11.6 Å². The first-order valence-electron chi connectivity index (χ1n) is 9.21. The standard InChI is InChI=1S/C19H26ClN3O5S/c1-6-12(2)15(21-17(24)28-19(3,4)5)16-22-23-18(27-16)29(25,26)11-13-7-9-14(20)10-8-13/h7-10,12,15H,6,11H2,1-5H3,(H,21,24)/t12-,15+/m1/s1. The fraction of sp³-hybridized carbons (Fsp3) is 0.526. The summed E-state index contributed by atoms with van der Waals surface area (Å²) in [6.07, 6.45) is 0.0435. The average molecular weight is 444 g/mol. The number of rotatable bonds is 7. The minimum absolute atomic E-state index is 0.0138. The zero-order valence-electron chi connectivity index (χ0n) is 17.1. The van der Waals surface area contributed by atoms with Gasteiger partial charge in [0.15, 0.2) is 0 Å². The third kappa shape index (κ3) is 6.71. The lowest BCUT2D eigenvalue weighted by molar-refractivity contribution is 0.0473. The number of hydrogen-bond donors (Lipinski definition) is 1. The highest BCUT2D eigenvalue weighted by molar-refractivity contribution is 7.90. The van der Waals surface area contributed by atoms with Crippen molar-refractivity contribution in [2.45, 2.75) is 63.7 Å². The van der Waals surface area contributed by atoms with Crippen molar-refractivity contribution in [2.24, 2.45) is 5.92 Å². The number of carbonyl (C=O) groups excluding carboxylic acids is 1. The van der Waals surface area contributed by atoms with Gasteiger partial charge in [-0.1, -0.05) is 49.1 Å². The Labute approximate surface area is 175 Å². The summed E-state index contributed by atoms with van der Waals surface area (Å²) in [6.45, 7) is 9.06. The van der Waals surface area contributed by atoms with Crippen molar-refractivity contribution in [3.63, 3.8) is 0 Å². The molecule has 0 aliphatic carbocycles. The van der Waals surface area contributed by atoms with E-state index in [0.29, 0.717) is 17.0 Å². The van der Waals surface area contributed by atoms with Crippen molar-refractivity contribution in [1.29, 1.82) is 0 Å². The van der Waals surface area contributed by atoms with Gasteiger partial charge < -0.3 is 14.5 Å². The van der Waals surface area contributed by atoms with Gasteiger partial charge in [-0.2, -0.15) is 0 Å².